The first-order chi connectivity index (χ1) is 12.0. The second kappa shape index (κ2) is 7.14. The minimum Gasteiger partial charge on any atom is -0.352 e. The molecule has 130 valence electrons. The van der Waals surface area contributed by atoms with Gasteiger partial charge in [0.1, 0.15) is 0 Å². The zero-order valence-electron chi connectivity index (χ0n) is 15.5. The third-order valence-corrected chi connectivity index (χ3v) is 5.16. The van der Waals surface area contributed by atoms with Crippen molar-refractivity contribution in [2.24, 2.45) is 0 Å². The van der Waals surface area contributed by atoms with E-state index in [1.54, 1.807) is 0 Å². The molecule has 0 saturated carbocycles. The predicted octanol–water partition coefficient (Wildman–Crippen LogP) is 4.56. The van der Waals surface area contributed by atoms with Crippen molar-refractivity contribution in [2.75, 3.05) is 6.54 Å². The number of nitrogens with zero attached hydrogens (tertiary/aromatic N) is 1. The quantitative estimate of drug-likeness (QED) is 0.729. The lowest BCUT2D eigenvalue weighted by atomic mass is 10.1. The number of fused-ring (bicyclic) bond motifs is 1. The van der Waals surface area contributed by atoms with E-state index in [1.165, 1.54) is 33.3 Å². The van der Waals surface area contributed by atoms with Crippen molar-refractivity contribution in [2.45, 2.75) is 40.7 Å². The Labute approximate surface area is 149 Å². The van der Waals surface area contributed by atoms with Gasteiger partial charge in [-0.2, -0.15) is 0 Å². The van der Waals surface area contributed by atoms with Crippen LogP contribution >= 0.6 is 0 Å². The van der Waals surface area contributed by atoms with Crippen molar-refractivity contribution >= 4 is 16.8 Å². The summed E-state index contributed by atoms with van der Waals surface area (Å²) in [6.07, 6.45) is 0.852. The molecule has 1 heterocycles. The molecule has 0 aliphatic heterocycles. The van der Waals surface area contributed by atoms with Crippen molar-refractivity contribution in [3.05, 3.63) is 70.4 Å². The highest BCUT2D eigenvalue weighted by molar-refractivity contribution is 5.99. The topological polar surface area (TPSA) is 34.0 Å². The van der Waals surface area contributed by atoms with Crippen LogP contribution < -0.4 is 5.32 Å². The standard InChI is InChI=1S/C22H26N2O/c1-5-24-17(4)16(3)20-14-19(10-11-21(20)24)22(25)23-13-12-18-9-7-6-8-15(18)2/h6-11,14H,5,12-13H2,1-4H3,(H,23,25). The second-order valence-corrected chi connectivity index (χ2v) is 6.62. The molecular weight excluding hydrogens is 308 g/mol. The number of nitrogens with one attached hydrogen (secondary N) is 1. The fraction of sp³-hybridized carbons (Fsp3) is 0.318. The van der Waals surface area contributed by atoms with E-state index in [1.807, 2.05) is 24.3 Å². The minimum atomic E-state index is -0.00298. The number of amides is 1. The van der Waals surface area contributed by atoms with Crippen molar-refractivity contribution in [1.29, 1.82) is 0 Å². The van der Waals surface area contributed by atoms with Gasteiger partial charge in [-0.25, -0.2) is 0 Å². The van der Waals surface area contributed by atoms with Crippen molar-refractivity contribution in [3.63, 3.8) is 0 Å². The Bertz CT molecular complexity index is 921. The molecular formula is C22H26N2O. The third-order valence-electron chi connectivity index (χ3n) is 5.16. The summed E-state index contributed by atoms with van der Waals surface area (Å²) < 4.78 is 2.30. The van der Waals surface area contributed by atoms with E-state index in [-0.39, 0.29) is 5.91 Å². The summed E-state index contributed by atoms with van der Waals surface area (Å²) in [6, 6.07) is 14.3. The molecule has 0 bridgehead atoms. The number of hydrogen-bond donors (Lipinski definition) is 1. The van der Waals surface area contributed by atoms with Gasteiger partial charge in [0.05, 0.1) is 0 Å². The van der Waals surface area contributed by atoms with Gasteiger partial charge in [0.25, 0.3) is 5.91 Å². The molecule has 0 aliphatic rings. The molecule has 3 rings (SSSR count). The van der Waals surface area contributed by atoms with Crippen molar-refractivity contribution in [1.82, 2.24) is 9.88 Å². The first-order valence-corrected chi connectivity index (χ1v) is 8.95. The third kappa shape index (κ3) is 3.32. The average Bonchev–Trinajstić information content (AvgIpc) is 2.86. The Balaban J connectivity index is 1.74. The highest BCUT2D eigenvalue weighted by atomic mass is 16.1. The van der Waals surface area contributed by atoms with Crippen LogP contribution in [0.4, 0.5) is 0 Å². The van der Waals surface area contributed by atoms with E-state index in [4.69, 9.17) is 0 Å². The summed E-state index contributed by atoms with van der Waals surface area (Å²) in [7, 11) is 0. The molecule has 1 N–H and O–H groups in total. The maximum Gasteiger partial charge on any atom is 0.251 e. The van der Waals surface area contributed by atoms with Gasteiger partial charge in [0.15, 0.2) is 0 Å². The lowest BCUT2D eigenvalue weighted by molar-refractivity contribution is 0.0954. The van der Waals surface area contributed by atoms with Crippen molar-refractivity contribution in [3.8, 4) is 0 Å². The molecule has 0 saturated heterocycles. The molecule has 0 fully saturated rings. The summed E-state index contributed by atoms with van der Waals surface area (Å²) in [5, 5.41) is 4.22. The van der Waals surface area contributed by atoms with Crippen LogP contribution in [0.1, 0.15) is 39.7 Å². The highest BCUT2D eigenvalue weighted by Crippen LogP contribution is 2.26. The molecule has 0 aliphatic carbocycles. The van der Waals surface area contributed by atoms with Gasteiger partial charge in [0, 0.05) is 35.2 Å². The maximum absolute atomic E-state index is 12.5. The Morgan fingerprint density at radius 3 is 2.56 bits per heavy atom. The Hall–Kier alpha value is -2.55. The van der Waals surface area contributed by atoms with Crippen LogP contribution in [0, 0.1) is 20.8 Å². The summed E-state index contributed by atoms with van der Waals surface area (Å²) in [6.45, 7) is 10.1. The summed E-state index contributed by atoms with van der Waals surface area (Å²) in [5.41, 5.74) is 7.01. The Kier molecular flexibility index (Phi) is 4.93. The molecule has 0 unspecified atom stereocenters. The van der Waals surface area contributed by atoms with Gasteiger partial charge in [-0.3, -0.25) is 4.79 Å². The van der Waals surface area contributed by atoms with Crippen LogP contribution in [-0.4, -0.2) is 17.0 Å². The molecule has 0 atom stereocenters. The van der Waals surface area contributed by atoms with Gasteiger partial charge >= 0.3 is 0 Å². The Morgan fingerprint density at radius 1 is 1.08 bits per heavy atom. The zero-order chi connectivity index (χ0) is 18.0. The average molecular weight is 334 g/mol. The lowest BCUT2D eigenvalue weighted by Gasteiger charge is -2.08. The fourth-order valence-corrected chi connectivity index (χ4v) is 3.50. The molecule has 0 radical (unpaired) electrons. The molecule has 3 nitrogen and oxygen atoms in total. The van der Waals surface area contributed by atoms with E-state index in [2.05, 4.69) is 55.8 Å². The van der Waals surface area contributed by atoms with Crippen molar-refractivity contribution < 1.29 is 4.79 Å². The first-order valence-electron chi connectivity index (χ1n) is 8.95. The number of rotatable bonds is 5. The monoisotopic (exact) mass is 334 g/mol. The van der Waals surface area contributed by atoms with Gasteiger partial charge in [0.2, 0.25) is 0 Å². The van der Waals surface area contributed by atoms with E-state index in [0.29, 0.717) is 6.54 Å². The van der Waals surface area contributed by atoms with Crippen LogP contribution in [-0.2, 0) is 13.0 Å². The lowest BCUT2D eigenvalue weighted by Crippen LogP contribution is -2.25. The predicted molar refractivity (Wildman–Crippen MR) is 104 cm³/mol. The number of aryl methyl sites for hydroxylation is 3. The molecule has 0 spiro atoms. The molecule has 1 amide bonds. The first kappa shape index (κ1) is 17.3. The van der Waals surface area contributed by atoms with E-state index in [9.17, 15) is 4.79 Å². The molecule has 3 heteroatoms. The molecule has 1 aromatic heterocycles. The van der Waals surface area contributed by atoms with E-state index in [0.717, 1.165) is 18.5 Å². The largest absolute Gasteiger partial charge is 0.352 e. The number of carbonyl (C=O) groups is 1. The normalized spacial score (nSPS) is 11.0. The van der Waals surface area contributed by atoms with Gasteiger partial charge in [-0.05, 0) is 69.0 Å². The van der Waals surface area contributed by atoms with Gasteiger partial charge in [-0.1, -0.05) is 24.3 Å². The smallest absolute Gasteiger partial charge is 0.251 e. The highest BCUT2D eigenvalue weighted by Gasteiger charge is 2.13. The summed E-state index contributed by atoms with van der Waals surface area (Å²) in [4.78, 5) is 12.5. The molecule has 3 aromatic rings. The van der Waals surface area contributed by atoms with Gasteiger partial charge in [-0.15, -0.1) is 0 Å². The van der Waals surface area contributed by atoms with Crippen LogP contribution in [0.25, 0.3) is 10.9 Å². The number of aromatic nitrogens is 1. The van der Waals surface area contributed by atoms with Crippen LogP contribution in [0.3, 0.4) is 0 Å². The Morgan fingerprint density at radius 2 is 1.84 bits per heavy atom. The van der Waals surface area contributed by atoms with Gasteiger partial charge < -0.3 is 9.88 Å². The minimum absolute atomic E-state index is 0.00298. The summed E-state index contributed by atoms with van der Waals surface area (Å²) in [5.74, 6) is -0.00298. The van der Waals surface area contributed by atoms with E-state index < -0.39 is 0 Å². The molecule has 25 heavy (non-hydrogen) atoms. The molecule has 2 aromatic carbocycles. The maximum atomic E-state index is 12.5. The van der Waals surface area contributed by atoms with Crippen LogP contribution in [0.15, 0.2) is 42.5 Å². The van der Waals surface area contributed by atoms with Crippen LogP contribution in [0.5, 0.6) is 0 Å². The van der Waals surface area contributed by atoms with E-state index >= 15 is 0 Å². The second-order valence-electron chi connectivity index (χ2n) is 6.62. The fourth-order valence-electron chi connectivity index (χ4n) is 3.50. The zero-order valence-corrected chi connectivity index (χ0v) is 15.5. The number of carbonyl (C=O) groups excluding carboxylic acids is 1. The number of hydrogen-bond acceptors (Lipinski definition) is 1. The van der Waals surface area contributed by atoms with Crippen LogP contribution in [0.2, 0.25) is 0 Å². The SMILES string of the molecule is CCn1c(C)c(C)c2cc(C(=O)NCCc3ccccc3C)ccc21. The summed E-state index contributed by atoms with van der Waals surface area (Å²) >= 11 is 0. The number of benzene rings is 2.